The number of hydrogen-bond acceptors (Lipinski definition) is 2. The van der Waals surface area contributed by atoms with Crippen LogP contribution in [0.4, 0.5) is 16.2 Å². The maximum Gasteiger partial charge on any atom is 0.322 e. The predicted molar refractivity (Wildman–Crippen MR) is 87.5 cm³/mol. The molecule has 2 aromatic rings. The summed E-state index contributed by atoms with van der Waals surface area (Å²) in [4.78, 5) is 13.9. The van der Waals surface area contributed by atoms with Crippen molar-refractivity contribution in [3.05, 3.63) is 59.1 Å². The van der Waals surface area contributed by atoms with Gasteiger partial charge < -0.3 is 16.0 Å². The topological polar surface area (TPSA) is 58.4 Å². The van der Waals surface area contributed by atoms with Gasteiger partial charge in [-0.05, 0) is 48.9 Å². The first-order chi connectivity index (χ1) is 9.97. The number of rotatable bonds is 3. The molecule has 2 aromatic carbocycles. The minimum atomic E-state index is -0.178. The van der Waals surface area contributed by atoms with E-state index in [1.54, 1.807) is 36.2 Å². The highest BCUT2D eigenvalue weighted by Crippen LogP contribution is 2.21. The summed E-state index contributed by atoms with van der Waals surface area (Å²) in [6.45, 7) is 1.96. The Morgan fingerprint density at radius 1 is 1.14 bits per heavy atom. The Morgan fingerprint density at radius 2 is 1.71 bits per heavy atom. The zero-order valence-electron chi connectivity index (χ0n) is 12.0. The Bertz CT molecular complexity index is 610. The van der Waals surface area contributed by atoms with E-state index in [1.807, 2.05) is 31.2 Å². The number of benzene rings is 2. The lowest BCUT2D eigenvalue weighted by Gasteiger charge is -2.25. The number of nitrogens with one attached hydrogen (secondary N) is 1. The molecule has 2 amide bonds. The Hall–Kier alpha value is -2.20. The lowest BCUT2D eigenvalue weighted by atomic mass is 10.1. The number of nitrogens with two attached hydrogens (primary N) is 1. The molecule has 5 heteroatoms. The second-order valence-corrected chi connectivity index (χ2v) is 5.33. The van der Waals surface area contributed by atoms with Crippen molar-refractivity contribution in [3.8, 4) is 0 Å². The number of hydrogen-bond donors (Lipinski definition) is 2. The average molecular weight is 304 g/mol. The summed E-state index contributed by atoms with van der Waals surface area (Å²) in [5.41, 5.74) is 8.02. The van der Waals surface area contributed by atoms with Crippen molar-refractivity contribution in [3.63, 3.8) is 0 Å². The molecule has 1 unspecified atom stereocenters. The molecule has 0 spiro atoms. The molecule has 2 rings (SSSR count). The number of halogens is 1. The first-order valence-corrected chi connectivity index (χ1v) is 7.00. The summed E-state index contributed by atoms with van der Waals surface area (Å²) in [6, 6.07) is 14.3. The molecule has 3 N–H and O–H groups in total. The molecule has 4 nitrogen and oxygen atoms in total. The van der Waals surface area contributed by atoms with Crippen molar-refractivity contribution in [2.45, 2.75) is 13.0 Å². The molecule has 21 heavy (non-hydrogen) atoms. The van der Waals surface area contributed by atoms with Crippen LogP contribution in [0.2, 0.25) is 5.02 Å². The molecule has 0 saturated heterocycles. The zero-order valence-corrected chi connectivity index (χ0v) is 12.8. The number of urea groups is 1. The summed E-state index contributed by atoms with van der Waals surface area (Å²) in [5.74, 6) is 0. The van der Waals surface area contributed by atoms with Crippen LogP contribution in [-0.4, -0.2) is 18.0 Å². The van der Waals surface area contributed by atoms with Crippen LogP contribution in [0.1, 0.15) is 18.5 Å². The molecule has 0 aromatic heterocycles. The molecule has 0 heterocycles. The highest BCUT2D eigenvalue weighted by molar-refractivity contribution is 6.30. The molecule has 0 aliphatic rings. The maximum absolute atomic E-state index is 12.2. The van der Waals surface area contributed by atoms with Gasteiger partial charge in [0.1, 0.15) is 0 Å². The van der Waals surface area contributed by atoms with Crippen molar-refractivity contribution in [1.29, 1.82) is 0 Å². The van der Waals surface area contributed by atoms with E-state index in [0.29, 0.717) is 16.4 Å². The van der Waals surface area contributed by atoms with E-state index in [0.717, 1.165) is 5.56 Å². The van der Waals surface area contributed by atoms with Crippen LogP contribution in [-0.2, 0) is 0 Å². The van der Waals surface area contributed by atoms with E-state index < -0.39 is 0 Å². The fourth-order valence-corrected chi connectivity index (χ4v) is 2.04. The van der Waals surface area contributed by atoms with Crippen molar-refractivity contribution in [2.75, 3.05) is 18.1 Å². The van der Waals surface area contributed by atoms with Crippen molar-refractivity contribution in [2.24, 2.45) is 0 Å². The van der Waals surface area contributed by atoms with Crippen LogP contribution < -0.4 is 11.1 Å². The highest BCUT2D eigenvalue weighted by atomic mass is 35.5. The lowest BCUT2D eigenvalue weighted by Crippen LogP contribution is -2.33. The van der Waals surface area contributed by atoms with Gasteiger partial charge in [0.15, 0.2) is 0 Å². The molecular weight excluding hydrogens is 286 g/mol. The molecule has 0 bridgehead atoms. The maximum atomic E-state index is 12.2. The monoisotopic (exact) mass is 303 g/mol. The largest absolute Gasteiger partial charge is 0.399 e. The van der Waals surface area contributed by atoms with Gasteiger partial charge in [0.05, 0.1) is 6.04 Å². The fraction of sp³-hybridized carbons (Fsp3) is 0.188. The van der Waals surface area contributed by atoms with Gasteiger partial charge in [0, 0.05) is 23.4 Å². The number of anilines is 2. The summed E-state index contributed by atoms with van der Waals surface area (Å²) < 4.78 is 0. The Kier molecular flexibility index (Phi) is 4.70. The lowest BCUT2D eigenvalue weighted by molar-refractivity contribution is 0.208. The molecule has 0 aliphatic carbocycles. The quantitative estimate of drug-likeness (QED) is 0.837. The predicted octanol–water partition coefficient (Wildman–Crippen LogP) is 4.15. The van der Waals surface area contributed by atoms with Gasteiger partial charge in [-0.25, -0.2) is 4.79 Å². The van der Waals surface area contributed by atoms with E-state index in [1.165, 1.54) is 0 Å². The van der Waals surface area contributed by atoms with Crippen LogP contribution in [0.25, 0.3) is 0 Å². The standard InChI is InChI=1S/C16H18ClN3O/c1-11(12-3-5-13(17)6-4-12)20(2)16(21)19-15-9-7-14(18)8-10-15/h3-11H,18H2,1-2H3,(H,19,21). The second kappa shape index (κ2) is 6.50. The van der Waals surface area contributed by atoms with Gasteiger partial charge in [-0.2, -0.15) is 0 Å². The number of carbonyl (C=O) groups is 1. The van der Waals surface area contributed by atoms with Gasteiger partial charge >= 0.3 is 6.03 Å². The third kappa shape index (κ3) is 3.89. The van der Waals surface area contributed by atoms with Gasteiger partial charge in [0.25, 0.3) is 0 Å². The van der Waals surface area contributed by atoms with E-state index in [4.69, 9.17) is 17.3 Å². The second-order valence-electron chi connectivity index (χ2n) is 4.89. The minimum Gasteiger partial charge on any atom is -0.399 e. The molecule has 0 saturated carbocycles. The average Bonchev–Trinajstić information content (AvgIpc) is 2.49. The molecule has 1 atom stereocenters. The summed E-state index contributed by atoms with van der Waals surface area (Å²) in [5, 5.41) is 3.52. The molecule has 0 aliphatic heterocycles. The Labute approximate surface area is 129 Å². The highest BCUT2D eigenvalue weighted by Gasteiger charge is 2.17. The molecule has 110 valence electrons. The van der Waals surface area contributed by atoms with Crippen molar-refractivity contribution in [1.82, 2.24) is 4.90 Å². The number of amides is 2. The zero-order chi connectivity index (χ0) is 15.4. The summed E-state index contributed by atoms with van der Waals surface area (Å²) in [6.07, 6.45) is 0. The summed E-state index contributed by atoms with van der Waals surface area (Å²) >= 11 is 5.88. The Morgan fingerprint density at radius 3 is 2.29 bits per heavy atom. The number of nitrogen functional groups attached to an aromatic ring is 1. The third-order valence-corrected chi connectivity index (χ3v) is 3.67. The third-order valence-electron chi connectivity index (χ3n) is 3.42. The molecule has 0 radical (unpaired) electrons. The van der Waals surface area contributed by atoms with Crippen LogP contribution in [0.5, 0.6) is 0 Å². The first kappa shape index (κ1) is 15.2. The SMILES string of the molecule is CC(c1ccc(Cl)cc1)N(C)C(=O)Nc1ccc(N)cc1. The van der Waals surface area contributed by atoms with Gasteiger partial charge in [-0.1, -0.05) is 23.7 Å². The first-order valence-electron chi connectivity index (χ1n) is 6.62. The van der Waals surface area contributed by atoms with Gasteiger partial charge in [0.2, 0.25) is 0 Å². The van der Waals surface area contributed by atoms with Crippen LogP contribution in [0.3, 0.4) is 0 Å². The number of carbonyl (C=O) groups excluding carboxylic acids is 1. The normalized spacial score (nSPS) is 11.8. The fourth-order valence-electron chi connectivity index (χ4n) is 1.92. The van der Waals surface area contributed by atoms with E-state index in [-0.39, 0.29) is 12.1 Å². The summed E-state index contributed by atoms with van der Waals surface area (Å²) in [7, 11) is 1.76. The van der Waals surface area contributed by atoms with Crippen molar-refractivity contribution < 1.29 is 4.79 Å². The van der Waals surface area contributed by atoms with Gasteiger partial charge in [-0.3, -0.25) is 0 Å². The van der Waals surface area contributed by atoms with Crippen LogP contribution in [0, 0.1) is 0 Å². The van der Waals surface area contributed by atoms with Crippen LogP contribution >= 0.6 is 11.6 Å². The minimum absolute atomic E-state index is 0.0592. The van der Waals surface area contributed by atoms with E-state index in [9.17, 15) is 4.79 Å². The smallest absolute Gasteiger partial charge is 0.322 e. The van der Waals surface area contributed by atoms with Crippen LogP contribution in [0.15, 0.2) is 48.5 Å². The van der Waals surface area contributed by atoms with E-state index in [2.05, 4.69) is 5.32 Å². The molecule has 0 fully saturated rings. The van der Waals surface area contributed by atoms with Gasteiger partial charge in [-0.15, -0.1) is 0 Å². The van der Waals surface area contributed by atoms with Crippen molar-refractivity contribution >= 4 is 29.0 Å². The Balaban J connectivity index is 2.04. The molecular formula is C16H18ClN3O. The van der Waals surface area contributed by atoms with E-state index >= 15 is 0 Å². The number of nitrogens with zero attached hydrogens (tertiary/aromatic N) is 1.